The fraction of sp³-hybridized carbons (Fsp3) is 0.462. The van der Waals surface area contributed by atoms with Crippen LogP contribution in [-0.4, -0.2) is 55.8 Å². The predicted octanol–water partition coefficient (Wildman–Crippen LogP) is 3.35. The smallest absolute Gasteiger partial charge is 0.272 e. The fourth-order valence-corrected chi connectivity index (χ4v) is 3.54. The third-order valence-electron chi connectivity index (χ3n) is 5.61. The van der Waals surface area contributed by atoms with Gasteiger partial charge in [0.1, 0.15) is 24.1 Å². The lowest BCUT2D eigenvalue weighted by Crippen LogP contribution is -2.48. The van der Waals surface area contributed by atoms with Crippen LogP contribution in [0.5, 0.6) is 11.5 Å². The molecule has 190 valence electrons. The van der Waals surface area contributed by atoms with Gasteiger partial charge in [0.05, 0.1) is 13.2 Å². The van der Waals surface area contributed by atoms with Gasteiger partial charge in [-0.15, -0.1) is 0 Å². The lowest BCUT2D eigenvalue weighted by Gasteiger charge is -2.19. The molecule has 1 aliphatic carbocycles. The third-order valence-corrected chi connectivity index (χ3v) is 5.61. The minimum atomic E-state index is -2.57. The Balaban J connectivity index is 1.56. The summed E-state index contributed by atoms with van der Waals surface area (Å²) in [4.78, 5) is 25.4. The van der Waals surface area contributed by atoms with Gasteiger partial charge in [-0.05, 0) is 60.7 Å². The largest absolute Gasteiger partial charge is 0.494 e. The number of hydrogen-bond acceptors (Lipinski definition) is 5. The number of aliphatic hydroxyl groups excluding tert-OH is 1. The molecule has 1 aliphatic rings. The topological polar surface area (TPSA) is 96.9 Å². The van der Waals surface area contributed by atoms with Crippen molar-refractivity contribution in [2.24, 2.45) is 5.92 Å². The molecule has 2 aromatic rings. The van der Waals surface area contributed by atoms with Gasteiger partial charge in [-0.25, -0.2) is 8.78 Å². The fourth-order valence-electron chi connectivity index (χ4n) is 3.54. The Morgan fingerprint density at radius 3 is 2.29 bits per heavy atom. The van der Waals surface area contributed by atoms with E-state index in [0.29, 0.717) is 23.5 Å². The zero-order valence-corrected chi connectivity index (χ0v) is 19.6. The van der Waals surface area contributed by atoms with Crippen LogP contribution < -0.4 is 20.1 Å². The molecule has 3 N–H and O–H groups in total. The minimum absolute atomic E-state index is 0.0540. The Bertz CT molecular complexity index is 934. The molecule has 1 atom stereocenters. The number of amides is 2. The van der Waals surface area contributed by atoms with Crippen LogP contribution in [0, 0.1) is 5.92 Å². The number of aliphatic hydroxyl groups is 1. The second-order valence-corrected chi connectivity index (χ2v) is 8.55. The SMILES string of the molecule is O=C(NC(Cc1ccc(OCC(F)F)cc1)C(=O)NCCO)c1ccc(OCCCC2CC2)cc1. The summed E-state index contributed by atoms with van der Waals surface area (Å²) >= 11 is 0. The van der Waals surface area contributed by atoms with Crippen LogP contribution in [0.4, 0.5) is 8.78 Å². The van der Waals surface area contributed by atoms with E-state index < -0.39 is 30.9 Å². The van der Waals surface area contributed by atoms with Crippen molar-refractivity contribution in [2.75, 3.05) is 26.4 Å². The summed E-state index contributed by atoms with van der Waals surface area (Å²) in [6.45, 7) is -0.240. The third kappa shape index (κ3) is 9.52. The molecule has 1 saturated carbocycles. The van der Waals surface area contributed by atoms with Gasteiger partial charge in [-0.3, -0.25) is 9.59 Å². The molecular formula is C26H32F2N2O5. The number of carbonyl (C=O) groups excluding carboxylic acids is 2. The van der Waals surface area contributed by atoms with Crippen LogP contribution in [0.3, 0.4) is 0 Å². The Labute approximate surface area is 203 Å². The molecule has 0 radical (unpaired) electrons. The Morgan fingerprint density at radius 1 is 1.00 bits per heavy atom. The molecule has 0 aromatic heterocycles. The highest BCUT2D eigenvalue weighted by Gasteiger charge is 2.22. The van der Waals surface area contributed by atoms with E-state index >= 15 is 0 Å². The van der Waals surface area contributed by atoms with E-state index in [1.165, 1.54) is 31.4 Å². The Kier molecular flexibility index (Phi) is 10.3. The van der Waals surface area contributed by atoms with E-state index in [9.17, 15) is 18.4 Å². The van der Waals surface area contributed by atoms with Crippen molar-refractivity contribution in [2.45, 2.75) is 44.6 Å². The van der Waals surface area contributed by atoms with Crippen LogP contribution in [0.1, 0.15) is 41.6 Å². The van der Waals surface area contributed by atoms with Gasteiger partial charge >= 0.3 is 0 Å². The van der Waals surface area contributed by atoms with Crippen molar-refractivity contribution in [3.05, 3.63) is 59.7 Å². The average molecular weight is 491 g/mol. The standard InChI is InChI=1S/C26H32F2N2O5/c27-24(28)17-35-22-9-5-19(6-10-22)16-23(26(33)29-13-14-31)30-25(32)20-7-11-21(12-8-20)34-15-1-2-18-3-4-18/h5-12,18,23-24,31H,1-4,13-17H2,(H,29,33)(H,30,32). The van der Waals surface area contributed by atoms with Crippen molar-refractivity contribution in [1.29, 1.82) is 0 Å². The Hall–Kier alpha value is -3.20. The first kappa shape index (κ1) is 26.4. The number of halogens is 2. The molecule has 0 heterocycles. The van der Waals surface area contributed by atoms with Gasteiger partial charge in [-0.1, -0.05) is 25.0 Å². The maximum atomic E-state index is 12.8. The van der Waals surface area contributed by atoms with E-state index in [-0.39, 0.29) is 25.3 Å². The summed E-state index contributed by atoms with van der Waals surface area (Å²) in [7, 11) is 0. The molecule has 1 fully saturated rings. The molecule has 2 aromatic carbocycles. The van der Waals surface area contributed by atoms with Crippen molar-refractivity contribution >= 4 is 11.8 Å². The second kappa shape index (κ2) is 13.6. The normalized spacial score (nSPS) is 13.8. The van der Waals surface area contributed by atoms with Crippen molar-refractivity contribution < 1.29 is 33.0 Å². The second-order valence-electron chi connectivity index (χ2n) is 8.55. The van der Waals surface area contributed by atoms with Crippen LogP contribution in [0.2, 0.25) is 0 Å². The first-order valence-electron chi connectivity index (χ1n) is 11.9. The maximum Gasteiger partial charge on any atom is 0.272 e. The summed E-state index contributed by atoms with van der Waals surface area (Å²) < 4.78 is 35.3. The van der Waals surface area contributed by atoms with Gasteiger partial charge in [0, 0.05) is 18.5 Å². The van der Waals surface area contributed by atoms with E-state index in [0.717, 1.165) is 12.3 Å². The monoisotopic (exact) mass is 490 g/mol. The minimum Gasteiger partial charge on any atom is -0.494 e. The molecule has 3 rings (SSSR count). The first-order valence-corrected chi connectivity index (χ1v) is 11.9. The predicted molar refractivity (Wildman–Crippen MR) is 127 cm³/mol. The van der Waals surface area contributed by atoms with Crippen LogP contribution >= 0.6 is 0 Å². The highest BCUT2D eigenvalue weighted by atomic mass is 19.3. The van der Waals surface area contributed by atoms with E-state index in [2.05, 4.69) is 10.6 Å². The Morgan fingerprint density at radius 2 is 1.66 bits per heavy atom. The molecule has 9 heteroatoms. The summed E-state index contributed by atoms with van der Waals surface area (Å²) in [5.74, 6) is 0.967. The van der Waals surface area contributed by atoms with Crippen molar-refractivity contribution in [1.82, 2.24) is 10.6 Å². The van der Waals surface area contributed by atoms with E-state index in [1.54, 1.807) is 36.4 Å². The lowest BCUT2D eigenvalue weighted by molar-refractivity contribution is -0.123. The maximum absolute atomic E-state index is 12.8. The van der Waals surface area contributed by atoms with Crippen molar-refractivity contribution in [3.8, 4) is 11.5 Å². The van der Waals surface area contributed by atoms with Gasteiger partial charge in [-0.2, -0.15) is 0 Å². The highest BCUT2D eigenvalue weighted by Crippen LogP contribution is 2.33. The molecule has 0 spiro atoms. The lowest BCUT2D eigenvalue weighted by atomic mass is 10.0. The summed E-state index contributed by atoms with van der Waals surface area (Å²) in [6, 6.07) is 12.2. The van der Waals surface area contributed by atoms with Gasteiger partial charge < -0.3 is 25.2 Å². The molecule has 7 nitrogen and oxygen atoms in total. The number of hydrogen-bond donors (Lipinski definition) is 3. The molecule has 1 unspecified atom stereocenters. The number of alkyl halides is 2. The number of nitrogens with one attached hydrogen (secondary N) is 2. The number of ether oxygens (including phenoxy) is 2. The quantitative estimate of drug-likeness (QED) is 0.333. The van der Waals surface area contributed by atoms with Crippen LogP contribution in [0.15, 0.2) is 48.5 Å². The molecule has 0 bridgehead atoms. The zero-order valence-electron chi connectivity index (χ0n) is 19.6. The average Bonchev–Trinajstić information content (AvgIpc) is 3.69. The van der Waals surface area contributed by atoms with Crippen molar-refractivity contribution in [3.63, 3.8) is 0 Å². The number of benzene rings is 2. The number of rotatable bonds is 15. The van der Waals surface area contributed by atoms with Gasteiger partial charge in [0.2, 0.25) is 5.91 Å². The first-order chi connectivity index (χ1) is 16.9. The van der Waals surface area contributed by atoms with E-state index in [4.69, 9.17) is 14.6 Å². The molecule has 0 saturated heterocycles. The molecule has 35 heavy (non-hydrogen) atoms. The summed E-state index contributed by atoms with van der Waals surface area (Å²) in [6.07, 6.45) is 2.44. The number of carbonyl (C=O) groups is 2. The van der Waals surface area contributed by atoms with Gasteiger partial charge in [0.25, 0.3) is 12.3 Å². The van der Waals surface area contributed by atoms with E-state index in [1.807, 2.05) is 0 Å². The highest BCUT2D eigenvalue weighted by molar-refractivity contribution is 5.97. The molecular weight excluding hydrogens is 458 g/mol. The summed E-state index contributed by atoms with van der Waals surface area (Å²) in [5.41, 5.74) is 1.08. The zero-order chi connectivity index (χ0) is 25.0. The van der Waals surface area contributed by atoms with Crippen LogP contribution in [0.25, 0.3) is 0 Å². The summed E-state index contributed by atoms with van der Waals surface area (Å²) in [5, 5.41) is 14.3. The molecule has 0 aliphatic heterocycles. The van der Waals surface area contributed by atoms with Gasteiger partial charge in [0.15, 0.2) is 0 Å². The molecule has 2 amide bonds. The van der Waals surface area contributed by atoms with Crippen LogP contribution in [-0.2, 0) is 11.2 Å².